The van der Waals surface area contributed by atoms with Gasteiger partial charge < -0.3 is 0 Å². The molecule has 2 aromatic carbocycles. The second kappa shape index (κ2) is 7.27. The number of halogens is 2. The van der Waals surface area contributed by atoms with Crippen molar-refractivity contribution in [2.24, 2.45) is 0 Å². The van der Waals surface area contributed by atoms with Gasteiger partial charge in [0, 0.05) is 18.0 Å². The summed E-state index contributed by atoms with van der Waals surface area (Å²) >= 11 is 11.8. The molecule has 0 bridgehead atoms. The third-order valence-electron chi connectivity index (χ3n) is 2.97. The number of rotatable bonds is 6. The highest BCUT2D eigenvalue weighted by molar-refractivity contribution is 7.91. The minimum absolute atomic E-state index is 0.192. The molecule has 1 unspecified atom stereocenters. The topological polar surface area (TPSA) is 46.2 Å². The SMILES string of the molecule is O=S(=O)(NCc1ccc(Cl)cc1)C(Cl)Cc1ccccc1. The lowest BCUT2D eigenvalue weighted by molar-refractivity contribution is 0.576. The van der Waals surface area contributed by atoms with E-state index in [0.717, 1.165) is 11.1 Å². The number of hydrogen-bond acceptors (Lipinski definition) is 2. The van der Waals surface area contributed by atoms with Crippen LogP contribution in [-0.2, 0) is 23.0 Å². The average Bonchev–Trinajstić information content (AvgIpc) is 2.48. The van der Waals surface area contributed by atoms with Gasteiger partial charge in [0.25, 0.3) is 0 Å². The van der Waals surface area contributed by atoms with Gasteiger partial charge in [0.05, 0.1) is 0 Å². The van der Waals surface area contributed by atoms with Gasteiger partial charge in [0.15, 0.2) is 4.71 Å². The van der Waals surface area contributed by atoms with Crippen LogP contribution in [0.3, 0.4) is 0 Å². The van der Waals surface area contributed by atoms with Crippen molar-refractivity contribution in [3.63, 3.8) is 0 Å². The lowest BCUT2D eigenvalue weighted by Crippen LogP contribution is -2.32. The molecule has 0 saturated carbocycles. The van der Waals surface area contributed by atoms with Crippen molar-refractivity contribution >= 4 is 33.2 Å². The number of nitrogens with one attached hydrogen (secondary N) is 1. The Morgan fingerprint density at radius 1 is 0.952 bits per heavy atom. The van der Waals surface area contributed by atoms with Gasteiger partial charge in [-0.15, -0.1) is 11.6 Å². The van der Waals surface area contributed by atoms with E-state index in [1.807, 2.05) is 30.3 Å². The fraction of sp³-hybridized carbons (Fsp3) is 0.200. The molecule has 0 aromatic heterocycles. The molecule has 6 heteroatoms. The molecule has 0 spiro atoms. The molecular weight excluding hydrogens is 329 g/mol. The summed E-state index contributed by atoms with van der Waals surface area (Å²) in [5, 5.41) is 0.612. The van der Waals surface area contributed by atoms with E-state index in [-0.39, 0.29) is 13.0 Å². The summed E-state index contributed by atoms with van der Waals surface area (Å²) in [5.74, 6) is 0. The van der Waals surface area contributed by atoms with Crippen molar-refractivity contribution in [2.75, 3.05) is 0 Å². The first kappa shape index (κ1) is 16.3. The van der Waals surface area contributed by atoms with Gasteiger partial charge in [-0.2, -0.15) is 0 Å². The maximum atomic E-state index is 12.1. The molecule has 112 valence electrons. The van der Waals surface area contributed by atoms with E-state index in [9.17, 15) is 8.42 Å². The quantitative estimate of drug-likeness (QED) is 0.815. The molecule has 1 atom stereocenters. The first-order valence-corrected chi connectivity index (χ1v) is 8.74. The number of alkyl halides is 1. The van der Waals surface area contributed by atoms with Gasteiger partial charge >= 0.3 is 0 Å². The van der Waals surface area contributed by atoms with E-state index in [1.54, 1.807) is 24.3 Å². The lowest BCUT2D eigenvalue weighted by Gasteiger charge is -2.12. The predicted molar refractivity (Wildman–Crippen MR) is 87.0 cm³/mol. The van der Waals surface area contributed by atoms with Crippen molar-refractivity contribution in [3.8, 4) is 0 Å². The summed E-state index contributed by atoms with van der Waals surface area (Å²) in [5.41, 5.74) is 1.71. The standard InChI is InChI=1S/C15H15Cl2NO2S/c16-14-8-6-13(7-9-14)11-18-21(19,20)15(17)10-12-4-2-1-3-5-12/h1-9,15,18H,10-11H2. The van der Waals surface area contributed by atoms with E-state index >= 15 is 0 Å². The largest absolute Gasteiger partial charge is 0.229 e. The van der Waals surface area contributed by atoms with Crippen LogP contribution in [0.1, 0.15) is 11.1 Å². The third-order valence-corrected chi connectivity index (χ3v) is 5.46. The molecule has 2 rings (SSSR count). The van der Waals surface area contributed by atoms with Crippen molar-refractivity contribution in [3.05, 3.63) is 70.7 Å². The lowest BCUT2D eigenvalue weighted by atomic mass is 10.2. The zero-order chi connectivity index (χ0) is 15.3. The van der Waals surface area contributed by atoms with E-state index in [2.05, 4.69) is 4.72 Å². The van der Waals surface area contributed by atoms with Crippen LogP contribution in [0.25, 0.3) is 0 Å². The molecule has 3 nitrogen and oxygen atoms in total. The van der Waals surface area contributed by atoms with Crippen LogP contribution in [0.15, 0.2) is 54.6 Å². The molecular formula is C15H15Cl2NO2S. The van der Waals surface area contributed by atoms with Crippen molar-refractivity contribution in [1.29, 1.82) is 0 Å². The van der Waals surface area contributed by atoms with Crippen LogP contribution in [0.5, 0.6) is 0 Å². The molecule has 0 amide bonds. The molecule has 0 aliphatic carbocycles. The van der Waals surface area contributed by atoms with E-state index in [4.69, 9.17) is 23.2 Å². The van der Waals surface area contributed by atoms with Crippen LogP contribution in [0.4, 0.5) is 0 Å². The number of sulfonamides is 1. The minimum Gasteiger partial charge on any atom is -0.211 e. The Morgan fingerprint density at radius 3 is 2.19 bits per heavy atom. The van der Waals surface area contributed by atoms with Gasteiger partial charge in [-0.1, -0.05) is 54.1 Å². The van der Waals surface area contributed by atoms with Gasteiger partial charge in [0.2, 0.25) is 10.0 Å². The number of hydrogen-bond donors (Lipinski definition) is 1. The second-order valence-corrected chi connectivity index (χ2v) is 7.76. The molecule has 1 N–H and O–H groups in total. The van der Waals surface area contributed by atoms with Crippen LogP contribution < -0.4 is 4.72 Å². The Hall–Kier alpha value is -1.07. The van der Waals surface area contributed by atoms with Crippen LogP contribution >= 0.6 is 23.2 Å². The monoisotopic (exact) mass is 343 g/mol. The summed E-state index contributed by atoms with van der Waals surface area (Å²) in [6.45, 7) is 0.192. The van der Waals surface area contributed by atoms with Gasteiger partial charge in [-0.3, -0.25) is 0 Å². The summed E-state index contributed by atoms with van der Waals surface area (Å²) in [6.07, 6.45) is 0.262. The predicted octanol–water partition coefficient (Wildman–Crippen LogP) is 3.57. The summed E-state index contributed by atoms with van der Waals surface area (Å²) in [6, 6.07) is 16.3. The molecule has 2 aromatic rings. The molecule has 0 aliphatic rings. The van der Waals surface area contributed by atoms with Crippen molar-refractivity contribution in [2.45, 2.75) is 17.7 Å². The Labute approximate surface area is 135 Å². The first-order chi connectivity index (χ1) is 9.97. The zero-order valence-corrected chi connectivity index (χ0v) is 13.5. The highest BCUT2D eigenvalue weighted by Crippen LogP contribution is 2.14. The molecule has 0 radical (unpaired) electrons. The average molecular weight is 344 g/mol. The van der Waals surface area contributed by atoms with E-state index < -0.39 is 14.7 Å². The minimum atomic E-state index is -3.58. The highest BCUT2D eigenvalue weighted by atomic mass is 35.5. The molecule has 0 saturated heterocycles. The highest BCUT2D eigenvalue weighted by Gasteiger charge is 2.22. The molecule has 21 heavy (non-hydrogen) atoms. The third kappa shape index (κ3) is 5.00. The summed E-state index contributed by atoms with van der Waals surface area (Å²) in [7, 11) is -3.58. The Bertz CT molecular complexity index is 673. The maximum Gasteiger partial charge on any atom is 0.229 e. The Morgan fingerprint density at radius 2 is 1.57 bits per heavy atom. The van der Waals surface area contributed by atoms with Crippen molar-refractivity contribution < 1.29 is 8.42 Å². The molecule has 0 aliphatic heterocycles. The van der Waals surface area contributed by atoms with Crippen LogP contribution in [-0.4, -0.2) is 13.1 Å². The van der Waals surface area contributed by atoms with Crippen LogP contribution in [0, 0.1) is 0 Å². The van der Waals surface area contributed by atoms with Gasteiger partial charge in [-0.25, -0.2) is 13.1 Å². The van der Waals surface area contributed by atoms with Gasteiger partial charge in [0.1, 0.15) is 0 Å². The molecule has 0 heterocycles. The second-order valence-electron chi connectivity index (χ2n) is 4.59. The normalized spacial score (nSPS) is 13.0. The Kier molecular flexibility index (Phi) is 5.65. The zero-order valence-electron chi connectivity index (χ0n) is 11.2. The van der Waals surface area contributed by atoms with Crippen molar-refractivity contribution in [1.82, 2.24) is 4.72 Å². The van der Waals surface area contributed by atoms with E-state index in [1.165, 1.54) is 0 Å². The Balaban J connectivity index is 1.96. The number of benzene rings is 2. The first-order valence-electron chi connectivity index (χ1n) is 6.38. The smallest absolute Gasteiger partial charge is 0.211 e. The fourth-order valence-corrected chi connectivity index (χ4v) is 3.24. The fourth-order valence-electron chi connectivity index (χ4n) is 1.79. The van der Waals surface area contributed by atoms with Crippen LogP contribution in [0.2, 0.25) is 5.02 Å². The summed E-state index contributed by atoms with van der Waals surface area (Å²) in [4.78, 5) is 0. The van der Waals surface area contributed by atoms with E-state index in [0.29, 0.717) is 5.02 Å². The van der Waals surface area contributed by atoms with Gasteiger partial charge in [-0.05, 0) is 23.3 Å². The summed E-state index contributed by atoms with van der Waals surface area (Å²) < 4.78 is 25.7. The maximum absolute atomic E-state index is 12.1. The molecule has 0 fully saturated rings.